The van der Waals surface area contributed by atoms with E-state index in [-0.39, 0.29) is 24.5 Å². The summed E-state index contributed by atoms with van der Waals surface area (Å²) in [6.07, 6.45) is 4.72. The highest BCUT2D eigenvalue weighted by Crippen LogP contribution is 2.19. The zero-order valence-electron chi connectivity index (χ0n) is 9.14. The number of amides is 1. The Kier molecular flexibility index (Phi) is 3.41. The van der Waals surface area contributed by atoms with Crippen molar-refractivity contribution in [2.45, 2.75) is 19.4 Å². The summed E-state index contributed by atoms with van der Waals surface area (Å²) in [4.78, 5) is 12.7. The third-order valence-corrected chi connectivity index (χ3v) is 3.81. The number of nitrogens with one attached hydrogen (secondary N) is 1. The molecule has 1 heterocycles. The van der Waals surface area contributed by atoms with Gasteiger partial charge in [-0.05, 0) is 30.4 Å². The number of thiophene rings is 1. The molecule has 3 nitrogen and oxygen atoms in total. The van der Waals surface area contributed by atoms with E-state index in [1.54, 1.807) is 0 Å². The van der Waals surface area contributed by atoms with Crippen LogP contribution in [0.25, 0.3) is 0 Å². The van der Waals surface area contributed by atoms with E-state index in [2.05, 4.69) is 5.32 Å². The molecule has 2 rings (SSSR count). The number of aliphatic hydroxyl groups is 1. The van der Waals surface area contributed by atoms with Crippen molar-refractivity contribution in [1.29, 1.82) is 0 Å². The molecule has 0 aromatic carbocycles. The number of hydrogen-bond acceptors (Lipinski definition) is 3. The van der Waals surface area contributed by atoms with Gasteiger partial charge in [0, 0.05) is 18.6 Å². The minimum absolute atomic E-state index is 0.0132. The third kappa shape index (κ3) is 2.33. The fourth-order valence-corrected chi connectivity index (χ4v) is 2.68. The highest BCUT2D eigenvalue weighted by molar-refractivity contribution is 7.12. The van der Waals surface area contributed by atoms with Crippen LogP contribution in [0.4, 0.5) is 0 Å². The summed E-state index contributed by atoms with van der Waals surface area (Å²) >= 11 is 1.46. The van der Waals surface area contributed by atoms with Gasteiger partial charge in [0.25, 0.3) is 5.91 Å². The lowest BCUT2D eigenvalue weighted by Crippen LogP contribution is -2.32. The van der Waals surface area contributed by atoms with E-state index in [1.165, 1.54) is 11.3 Å². The van der Waals surface area contributed by atoms with Crippen molar-refractivity contribution in [1.82, 2.24) is 5.32 Å². The van der Waals surface area contributed by atoms with Gasteiger partial charge in [0.15, 0.2) is 0 Å². The lowest BCUT2D eigenvalue weighted by Gasteiger charge is -2.12. The summed E-state index contributed by atoms with van der Waals surface area (Å²) in [7, 11) is 0. The van der Waals surface area contributed by atoms with Crippen LogP contribution < -0.4 is 5.32 Å². The van der Waals surface area contributed by atoms with Crippen LogP contribution in [-0.4, -0.2) is 23.7 Å². The molecule has 0 radical (unpaired) electrons. The van der Waals surface area contributed by atoms with Gasteiger partial charge in [-0.3, -0.25) is 4.79 Å². The molecule has 1 aromatic rings. The third-order valence-electron chi connectivity index (χ3n) is 2.79. The van der Waals surface area contributed by atoms with Crippen molar-refractivity contribution >= 4 is 17.2 Å². The molecule has 1 aliphatic rings. The number of hydrogen-bond donors (Lipinski definition) is 2. The van der Waals surface area contributed by atoms with Crippen LogP contribution in [0.2, 0.25) is 0 Å². The standard InChI is InChI=1S/C12H15NO2S/c1-8-4-5-16-11(8)12(15)13-10-3-2-9(6-10)7-14/h2-5,9-10,14H,6-7H2,1H3,(H,13,15)/t9-,10+/m0/s1. The van der Waals surface area contributed by atoms with Gasteiger partial charge < -0.3 is 10.4 Å². The normalized spacial score (nSPS) is 23.6. The maximum absolute atomic E-state index is 11.9. The molecule has 1 aromatic heterocycles. The molecule has 4 heteroatoms. The number of rotatable bonds is 3. The summed E-state index contributed by atoms with van der Waals surface area (Å²) in [6, 6.07) is 2.01. The summed E-state index contributed by atoms with van der Waals surface area (Å²) in [6.45, 7) is 2.09. The molecule has 0 bridgehead atoms. The van der Waals surface area contributed by atoms with Crippen LogP contribution >= 0.6 is 11.3 Å². The Bertz CT molecular complexity index is 411. The topological polar surface area (TPSA) is 49.3 Å². The first kappa shape index (κ1) is 11.4. The Balaban J connectivity index is 1.95. The summed E-state index contributed by atoms with van der Waals surface area (Å²) in [5.74, 6) is 0.176. The minimum Gasteiger partial charge on any atom is -0.396 e. The Morgan fingerprint density at radius 1 is 1.62 bits per heavy atom. The van der Waals surface area contributed by atoms with Crippen LogP contribution in [0, 0.1) is 12.8 Å². The summed E-state index contributed by atoms with van der Waals surface area (Å²) in [5.41, 5.74) is 1.02. The van der Waals surface area contributed by atoms with Crippen molar-refractivity contribution in [3.05, 3.63) is 34.0 Å². The molecule has 1 aliphatic carbocycles. The van der Waals surface area contributed by atoms with Gasteiger partial charge in [-0.15, -0.1) is 11.3 Å². The van der Waals surface area contributed by atoms with Gasteiger partial charge in [0.05, 0.1) is 4.88 Å². The molecule has 0 aliphatic heterocycles. The molecular formula is C12H15NO2S. The van der Waals surface area contributed by atoms with Gasteiger partial charge in [-0.25, -0.2) is 0 Å². The van der Waals surface area contributed by atoms with Crippen molar-refractivity contribution in [2.75, 3.05) is 6.61 Å². The SMILES string of the molecule is Cc1ccsc1C(=O)N[C@@H]1C=C[C@H](CO)C1. The largest absolute Gasteiger partial charge is 0.396 e. The van der Waals surface area contributed by atoms with Crippen LogP contribution in [-0.2, 0) is 0 Å². The molecule has 0 saturated heterocycles. The van der Waals surface area contributed by atoms with E-state index in [1.807, 2.05) is 30.5 Å². The smallest absolute Gasteiger partial charge is 0.262 e. The minimum atomic E-state index is -0.0132. The van der Waals surface area contributed by atoms with Crippen LogP contribution in [0.1, 0.15) is 21.7 Å². The zero-order valence-corrected chi connectivity index (χ0v) is 9.96. The lowest BCUT2D eigenvalue weighted by atomic mass is 10.1. The fraction of sp³-hybridized carbons (Fsp3) is 0.417. The second-order valence-electron chi connectivity index (χ2n) is 4.08. The Morgan fingerprint density at radius 2 is 2.44 bits per heavy atom. The highest BCUT2D eigenvalue weighted by atomic mass is 32.1. The van der Waals surface area contributed by atoms with E-state index in [4.69, 9.17) is 5.11 Å². The predicted molar refractivity (Wildman–Crippen MR) is 64.6 cm³/mol. The van der Waals surface area contributed by atoms with Crippen molar-refractivity contribution in [3.8, 4) is 0 Å². The molecule has 1 amide bonds. The van der Waals surface area contributed by atoms with Crippen LogP contribution in [0.15, 0.2) is 23.6 Å². The molecule has 0 saturated carbocycles. The molecule has 16 heavy (non-hydrogen) atoms. The first-order valence-corrected chi connectivity index (χ1v) is 6.23. The first-order chi connectivity index (χ1) is 7.70. The number of aliphatic hydroxyl groups excluding tert-OH is 1. The maximum Gasteiger partial charge on any atom is 0.262 e. The fourth-order valence-electron chi connectivity index (χ4n) is 1.86. The lowest BCUT2D eigenvalue weighted by molar-refractivity contribution is 0.0944. The van der Waals surface area contributed by atoms with E-state index in [0.29, 0.717) is 0 Å². The van der Waals surface area contributed by atoms with Crippen molar-refractivity contribution in [3.63, 3.8) is 0 Å². The summed E-state index contributed by atoms with van der Waals surface area (Å²) < 4.78 is 0. The second kappa shape index (κ2) is 4.80. The van der Waals surface area contributed by atoms with Gasteiger partial charge in [0.1, 0.15) is 0 Å². The summed E-state index contributed by atoms with van der Waals surface area (Å²) in [5, 5.41) is 13.9. The molecule has 86 valence electrons. The number of carbonyl (C=O) groups is 1. The highest BCUT2D eigenvalue weighted by Gasteiger charge is 2.21. The molecule has 0 spiro atoms. The van der Waals surface area contributed by atoms with E-state index in [0.717, 1.165) is 16.9 Å². The quantitative estimate of drug-likeness (QED) is 0.786. The number of carbonyl (C=O) groups excluding carboxylic acids is 1. The Morgan fingerprint density at radius 3 is 3.00 bits per heavy atom. The van der Waals surface area contributed by atoms with Gasteiger partial charge in [0.2, 0.25) is 0 Å². The Hall–Kier alpha value is -1.13. The van der Waals surface area contributed by atoms with Gasteiger partial charge in [-0.2, -0.15) is 0 Å². The number of aryl methyl sites for hydroxylation is 1. The second-order valence-corrected chi connectivity index (χ2v) is 4.99. The monoisotopic (exact) mass is 237 g/mol. The van der Waals surface area contributed by atoms with Gasteiger partial charge >= 0.3 is 0 Å². The zero-order chi connectivity index (χ0) is 11.5. The Labute approximate surface area is 98.8 Å². The predicted octanol–water partition coefficient (Wildman–Crippen LogP) is 1.72. The molecular weight excluding hydrogens is 222 g/mol. The van der Waals surface area contributed by atoms with E-state index < -0.39 is 0 Å². The average molecular weight is 237 g/mol. The first-order valence-electron chi connectivity index (χ1n) is 5.35. The molecule has 2 N–H and O–H groups in total. The van der Waals surface area contributed by atoms with Crippen LogP contribution in [0.3, 0.4) is 0 Å². The van der Waals surface area contributed by atoms with E-state index in [9.17, 15) is 4.79 Å². The molecule has 0 unspecified atom stereocenters. The molecule has 0 fully saturated rings. The van der Waals surface area contributed by atoms with Crippen LogP contribution in [0.5, 0.6) is 0 Å². The van der Waals surface area contributed by atoms with Gasteiger partial charge in [-0.1, -0.05) is 12.2 Å². The molecule has 2 atom stereocenters. The van der Waals surface area contributed by atoms with Crippen molar-refractivity contribution in [2.24, 2.45) is 5.92 Å². The van der Waals surface area contributed by atoms with E-state index >= 15 is 0 Å². The average Bonchev–Trinajstić information content (AvgIpc) is 2.86. The maximum atomic E-state index is 11.9. The van der Waals surface area contributed by atoms with Crippen molar-refractivity contribution < 1.29 is 9.90 Å².